The highest BCUT2D eigenvalue weighted by atomic mass is 127. The average Bonchev–Trinajstić information content (AvgIpc) is 3.82. The minimum atomic E-state index is -1.93. The molecule has 6 aromatic rings. The molecule has 0 bridgehead atoms. The Morgan fingerprint density at radius 3 is 1.52 bits per heavy atom. The lowest BCUT2D eigenvalue weighted by atomic mass is 9.98. The highest BCUT2D eigenvalue weighted by Crippen LogP contribution is 2.46. The summed E-state index contributed by atoms with van der Waals surface area (Å²) < 4.78 is 41.6. The normalized spacial score (nSPS) is 11.9. The molecule has 0 atom stereocenters. The van der Waals surface area contributed by atoms with Crippen molar-refractivity contribution in [2.24, 2.45) is 0 Å². The van der Waals surface area contributed by atoms with Gasteiger partial charge in [0.25, 0.3) is 0 Å². The van der Waals surface area contributed by atoms with E-state index in [4.69, 9.17) is 43.1 Å². The molecule has 0 saturated carbocycles. The lowest BCUT2D eigenvalue weighted by Crippen LogP contribution is -2.51. The number of carbonyl (C=O) groups is 1. The summed E-state index contributed by atoms with van der Waals surface area (Å²) in [6, 6.07) is 7.39. The van der Waals surface area contributed by atoms with Crippen molar-refractivity contribution < 1.29 is 38.0 Å². The lowest BCUT2D eigenvalue weighted by Gasteiger charge is -2.44. The van der Waals surface area contributed by atoms with Gasteiger partial charge in [-0.15, -0.1) is 0 Å². The Hall–Kier alpha value is -4.94. The van der Waals surface area contributed by atoms with E-state index in [1.807, 2.05) is 18.3 Å². The van der Waals surface area contributed by atoms with Crippen molar-refractivity contribution in [1.29, 1.82) is 0 Å². The van der Waals surface area contributed by atoms with Crippen LogP contribution in [0.4, 0.5) is 0 Å². The van der Waals surface area contributed by atoms with Gasteiger partial charge in [-0.05, 0) is 77.3 Å². The molecular formula is C44H57IN6O8Si. The van der Waals surface area contributed by atoms with Crippen molar-refractivity contribution in [3.05, 3.63) is 58.2 Å². The molecule has 0 aliphatic rings. The predicted molar refractivity (Wildman–Crippen MR) is 246 cm³/mol. The van der Waals surface area contributed by atoms with Gasteiger partial charge in [-0.1, -0.05) is 41.5 Å². The van der Waals surface area contributed by atoms with Gasteiger partial charge in [0.1, 0.15) is 16.6 Å². The third-order valence-electron chi connectivity index (χ3n) is 11.2. The number of methoxy groups -OCH3 is 7. The Morgan fingerprint density at radius 2 is 1.12 bits per heavy atom. The van der Waals surface area contributed by atoms with E-state index in [1.54, 1.807) is 81.0 Å². The molecule has 0 fully saturated rings. The van der Waals surface area contributed by atoms with E-state index in [9.17, 15) is 4.79 Å². The van der Waals surface area contributed by atoms with Crippen molar-refractivity contribution in [2.45, 2.75) is 77.6 Å². The van der Waals surface area contributed by atoms with Crippen LogP contribution < -0.4 is 28.4 Å². The molecule has 0 unspecified atom stereocenters. The first-order valence-corrected chi connectivity index (χ1v) is 22.8. The highest BCUT2D eigenvalue weighted by molar-refractivity contribution is 14.1. The van der Waals surface area contributed by atoms with Crippen LogP contribution >= 0.6 is 22.6 Å². The zero-order valence-electron chi connectivity index (χ0n) is 37.2. The van der Waals surface area contributed by atoms with Crippen LogP contribution in [0.2, 0.25) is 16.6 Å². The third-order valence-corrected chi connectivity index (χ3v) is 18.8. The van der Waals surface area contributed by atoms with E-state index >= 15 is 0 Å². The monoisotopic (exact) mass is 952 g/mol. The number of halogens is 1. The molecule has 0 aliphatic heterocycles. The quantitative estimate of drug-likeness (QED) is 0.0592. The number of benzene rings is 2. The zero-order valence-corrected chi connectivity index (χ0v) is 40.4. The van der Waals surface area contributed by atoms with Gasteiger partial charge >= 0.3 is 0 Å². The first-order chi connectivity index (χ1) is 28.5. The summed E-state index contributed by atoms with van der Waals surface area (Å²) in [5.74, 6) is 3.08. The summed E-state index contributed by atoms with van der Waals surface area (Å²) >= 11 is 2.39. The number of ether oxygens (including phenoxy) is 7. The van der Waals surface area contributed by atoms with Crippen molar-refractivity contribution in [2.75, 3.05) is 49.8 Å². The second-order valence-electron chi connectivity index (χ2n) is 15.7. The molecule has 1 N–H and O–H groups in total. The number of aromatic nitrogens is 6. The first-order valence-electron chi connectivity index (χ1n) is 19.6. The number of aromatic amines is 1. The zero-order chi connectivity index (χ0) is 44.3. The van der Waals surface area contributed by atoms with Gasteiger partial charge in [-0.25, -0.2) is 19.9 Å². The molecule has 60 heavy (non-hydrogen) atoms. The molecule has 0 saturated heterocycles. The number of fused-ring (bicyclic) bond motifs is 2. The number of nitrogens with one attached hydrogen (secondary N) is 1. The Labute approximate surface area is 366 Å². The molecular weight excluding hydrogens is 896 g/mol. The van der Waals surface area contributed by atoms with E-state index < -0.39 is 13.8 Å². The number of ketones is 1. The van der Waals surface area contributed by atoms with Crippen LogP contribution in [0.15, 0.2) is 49.1 Å². The second kappa shape index (κ2) is 18.8. The fourth-order valence-corrected chi connectivity index (χ4v) is 15.8. The Kier molecular flexibility index (Phi) is 14.4. The topological polar surface area (TPSA) is 154 Å². The van der Waals surface area contributed by atoms with Crippen LogP contribution in [0, 0.1) is 3.57 Å². The molecule has 322 valence electrons. The fraction of sp³-hybridized carbons (Fsp3) is 0.432. The molecule has 14 nitrogen and oxygen atoms in total. The molecule has 4 aromatic heterocycles. The van der Waals surface area contributed by atoms with Gasteiger partial charge in [-0.3, -0.25) is 4.79 Å². The summed E-state index contributed by atoms with van der Waals surface area (Å²) in [7, 11) is 9.04. The Morgan fingerprint density at radius 1 is 0.683 bits per heavy atom. The van der Waals surface area contributed by atoms with E-state index in [2.05, 4.69) is 89.5 Å². The minimum Gasteiger partial charge on any atom is -0.493 e. The number of H-pyrrole nitrogens is 1. The Balaban J connectivity index is 0.000000230. The predicted octanol–water partition coefficient (Wildman–Crippen LogP) is 10.0. The van der Waals surface area contributed by atoms with E-state index in [1.165, 1.54) is 7.11 Å². The molecule has 0 spiro atoms. The molecule has 2 aromatic carbocycles. The SMILES string of the molecule is COc1cc(-c2cnc3[nH]cc(C(=O)C(C)(C)OC)c3n2)cc(OC)c1OC.COc1cc(-c2cnc3c(n2)c(I)cn3[Si](C(C)C)(C(C)C)C(C)C)cc(OC)c1OC. The van der Waals surface area contributed by atoms with Crippen molar-refractivity contribution in [1.82, 2.24) is 29.2 Å². The summed E-state index contributed by atoms with van der Waals surface area (Å²) in [5.41, 5.74) is 7.02. The van der Waals surface area contributed by atoms with E-state index in [-0.39, 0.29) is 5.78 Å². The van der Waals surface area contributed by atoms with E-state index in [0.717, 1.165) is 31.6 Å². The van der Waals surface area contributed by atoms with Crippen LogP contribution in [0.25, 0.3) is 44.8 Å². The van der Waals surface area contributed by atoms with Crippen LogP contribution in [0.1, 0.15) is 65.7 Å². The minimum absolute atomic E-state index is 0.183. The summed E-state index contributed by atoms with van der Waals surface area (Å²) in [4.78, 5) is 34.9. The molecule has 6 rings (SSSR count). The number of carbonyl (C=O) groups excluding carboxylic acids is 1. The maximum absolute atomic E-state index is 12.8. The number of Topliss-reactive ketones (excluding diaryl/α,β-unsaturated/α-hetero) is 1. The lowest BCUT2D eigenvalue weighted by molar-refractivity contribution is 0.0229. The smallest absolute Gasteiger partial charge is 0.203 e. The average molecular weight is 953 g/mol. The Bertz CT molecular complexity index is 2410. The molecule has 16 heteroatoms. The van der Waals surface area contributed by atoms with Crippen LogP contribution in [0.5, 0.6) is 34.5 Å². The number of hydrogen-bond acceptors (Lipinski definition) is 12. The molecule has 4 heterocycles. The molecule has 0 aliphatic carbocycles. The highest BCUT2D eigenvalue weighted by Gasteiger charge is 2.46. The van der Waals surface area contributed by atoms with Crippen LogP contribution in [-0.2, 0) is 4.74 Å². The van der Waals surface area contributed by atoms with E-state index in [0.29, 0.717) is 73.5 Å². The maximum atomic E-state index is 12.8. The fourth-order valence-electron chi connectivity index (χ4n) is 8.30. The van der Waals surface area contributed by atoms with Gasteiger partial charge < -0.3 is 42.4 Å². The van der Waals surface area contributed by atoms with Crippen LogP contribution in [-0.4, -0.2) is 98.5 Å². The summed E-state index contributed by atoms with van der Waals surface area (Å²) in [6.45, 7) is 17.6. The third kappa shape index (κ3) is 8.37. The first kappa shape index (κ1) is 46.1. The largest absolute Gasteiger partial charge is 0.493 e. The summed E-state index contributed by atoms with van der Waals surface area (Å²) in [5, 5.41) is 0. The molecule has 0 amide bonds. The maximum Gasteiger partial charge on any atom is 0.203 e. The van der Waals surface area contributed by atoms with Crippen molar-refractivity contribution in [3.63, 3.8) is 0 Å². The number of nitrogens with zero attached hydrogens (tertiary/aromatic N) is 5. The van der Waals surface area contributed by atoms with Crippen molar-refractivity contribution in [3.8, 4) is 57.0 Å². The standard InChI is InChI=1S/C24H34IN3O3Si.C20H23N3O5/c1-14(2)32(15(3)4,16(5)6)28-13-18(25)22-24(28)26-12-19(27-22)17-10-20(29-7)23(31-9)21(11-17)30-8;1-20(2,28-6)18(24)12-9-21-19-16(12)23-13(10-22-19)11-7-14(25-3)17(27-5)15(8-11)26-4/h10-16H,1-9H3;7-10H,1-6H3,(H,21,22). The van der Waals surface area contributed by atoms with Gasteiger partial charge in [-0.2, -0.15) is 0 Å². The molecule has 0 radical (unpaired) electrons. The van der Waals surface area contributed by atoms with Gasteiger partial charge in [0.05, 0.1) is 75.6 Å². The van der Waals surface area contributed by atoms with Gasteiger partial charge in [0.15, 0.2) is 48.3 Å². The summed E-state index contributed by atoms with van der Waals surface area (Å²) in [6.07, 6.45) is 7.36. The second-order valence-corrected chi connectivity index (χ2v) is 22.5. The van der Waals surface area contributed by atoms with Crippen molar-refractivity contribution >= 4 is 58.9 Å². The number of rotatable bonds is 15. The van der Waals surface area contributed by atoms with Gasteiger partial charge in [0, 0.05) is 30.6 Å². The number of hydrogen-bond donors (Lipinski definition) is 1. The van der Waals surface area contributed by atoms with Gasteiger partial charge in [0.2, 0.25) is 11.5 Å². The van der Waals surface area contributed by atoms with Crippen LogP contribution in [0.3, 0.4) is 0 Å².